The number of aromatic amines is 1. The highest BCUT2D eigenvalue weighted by Crippen LogP contribution is 2.44. The molecule has 1 fully saturated rings. The Labute approximate surface area is 91.7 Å². The van der Waals surface area contributed by atoms with Gasteiger partial charge in [-0.1, -0.05) is 0 Å². The summed E-state index contributed by atoms with van der Waals surface area (Å²) >= 11 is 5.27. The highest BCUT2D eigenvalue weighted by molar-refractivity contribution is 7.71. The van der Waals surface area contributed by atoms with Crippen LogP contribution in [0.5, 0.6) is 0 Å². The normalized spacial score (nSPS) is 18.3. The third kappa shape index (κ3) is 1.24. The monoisotopic (exact) mass is 222 g/mol. The molecule has 1 aromatic heterocycles. The van der Waals surface area contributed by atoms with Crippen molar-refractivity contribution < 1.29 is 4.39 Å². The van der Waals surface area contributed by atoms with Crippen LogP contribution in [-0.4, -0.2) is 9.55 Å². The van der Waals surface area contributed by atoms with Gasteiger partial charge < -0.3 is 9.55 Å². The molecule has 0 unspecified atom stereocenters. The zero-order valence-electron chi connectivity index (χ0n) is 8.38. The molecule has 15 heavy (non-hydrogen) atoms. The molecule has 2 nitrogen and oxygen atoms in total. The molecule has 4 heteroatoms. The Bertz CT molecular complexity index is 592. The van der Waals surface area contributed by atoms with Crippen molar-refractivity contribution in [2.24, 2.45) is 0 Å². The number of hydrogen-bond donors (Lipinski definition) is 1. The average Bonchev–Trinajstić information content (AvgIpc) is 2.80. The number of aromatic nitrogens is 2. The minimum absolute atomic E-state index is 0.100. The van der Waals surface area contributed by atoms with Gasteiger partial charge in [-0.25, -0.2) is 4.39 Å². The van der Waals surface area contributed by atoms with Crippen molar-refractivity contribution in [2.45, 2.75) is 25.3 Å². The van der Waals surface area contributed by atoms with Crippen molar-refractivity contribution in [3.63, 3.8) is 0 Å². The summed E-state index contributed by atoms with van der Waals surface area (Å²) in [6.07, 6.45) is 2.23. The summed E-state index contributed by atoms with van der Waals surface area (Å²) in [6.45, 7) is 2.15. The quantitative estimate of drug-likeness (QED) is 0.734. The molecule has 1 aromatic carbocycles. The molecular formula is C11H11FN2S. The van der Waals surface area contributed by atoms with Gasteiger partial charge in [0.15, 0.2) is 4.77 Å². The second-order valence-corrected chi connectivity index (χ2v) is 4.81. The van der Waals surface area contributed by atoms with Crippen LogP contribution in [0.15, 0.2) is 18.2 Å². The van der Waals surface area contributed by atoms with Gasteiger partial charge in [0.25, 0.3) is 0 Å². The summed E-state index contributed by atoms with van der Waals surface area (Å²) in [4.78, 5) is 3.11. The van der Waals surface area contributed by atoms with Crippen LogP contribution >= 0.6 is 12.2 Å². The average molecular weight is 222 g/mol. The number of H-pyrrole nitrogens is 1. The molecule has 1 heterocycles. The van der Waals surface area contributed by atoms with E-state index >= 15 is 0 Å². The van der Waals surface area contributed by atoms with Gasteiger partial charge in [0.1, 0.15) is 5.82 Å². The van der Waals surface area contributed by atoms with E-state index in [0.717, 1.165) is 23.9 Å². The van der Waals surface area contributed by atoms with Gasteiger partial charge in [-0.2, -0.15) is 0 Å². The van der Waals surface area contributed by atoms with Crippen LogP contribution < -0.4 is 0 Å². The number of nitrogens with zero attached hydrogens (tertiary/aromatic N) is 1. The molecule has 0 bridgehead atoms. The number of benzene rings is 1. The van der Waals surface area contributed by atoms with Crippen LogP contribution in [0.3, 0.4) is 0 Å². The highest BCUT2D eigenvalue weighted by atomic mass is 32.1. The molecule has 78 valence electrons. The molecule has 0 spiro atoms. The van der Waals surface area contributed by atoms with Gasteiger partial charge in [-0.3, -0.25) is 0 Å². The third-order valence-electron chi connectivity index (χ3n) is 3.16. The standard InChI is InChI=1S/C11H11FN2S/c1-11(4-5-11)14-9-6-7(12)2-3-8(9)13-10(14)15/h2-3,6H,4-5H2,1H3,(H,13,15). The van der Waals surface area contributed by atoms with E-state index in [2.05, 4.69) is 11.9 Å². The zero-order chi connectivity index (χ0) is 10.6. The summed E-state index contributed by atoms with van der Waals surface area (Å²) < 4.78 is 15.9. The molecule has 3 rings (SSSR count). The maximum atomic E-state index is 13.2. The Balaban J connectivity index is 2.41. The van der Waals surface area contributed by atoms with E-state index in [1.165, 1.54) is 6.07 Å². The lowest BCUT2D eigenvalue weighted by molar-refractivity contribution is 0.540. The van der Waals surface area contributed by atoms with Crippen LogP contribution in [-0.2, 0) is 5.54 Å². The first-order valence-corrected chi connectivity index (χ1v) is 5.42. The molecule has 0 amide bonds. The van der Waals surface area contributed by atoms with Crippen LogP contribution in [0, 0.1) is 10.6 Å². The molecule has 1 aliphatic rings. The lowest BCUT2D eigenvalue weighted by Gasteiger charge is -2.11. The van der Waals surface area contributed by atoms with Gasteiger partial charge in [-0.15, -0.1) is 0 Å². The fraction of sp³-hybridized carbons (Fsp3) is 0.364. The van der Waals surface area contributed by atoms with Crippen molar-refractivity contribution in [3.05, 3.63) is 28.8 Å². The van der Waals surface area contributed by atoms with Crippen molar-refractivity contribution in [3.8, 4) is 0 Å². The van der Waals surface area contributed by atoms with Crippen LogP contribution in [0.1, 0.15) is 19.8 Å². The predicted molar refractivity (Wildman–Crippen MR) is 60.0 cm³/mol. The molecular weight excluding hydrogens is 211 g/mol. The minimum Gasteiger partial charge on any atom is -0.331 e. The van der Waals surface area contributed by atoms with Gasteiger partial charge in [0.2, 0.25) is 0 Å². The van der Waals surface area contributed by atoms with E-state index < -0.39 is 0 Å². The molecule has 1 aliphatic carbocycles. The van der Waals surface area contributed by atoms with E-state index in [0.29, 0.717) is 4.77 Å². The van der Waals surface area contributed by atoms with E-state index in [4.69, 9.17) is 12.2 Å². The number of rotatable bonds is 1. The largest absolute Gasteiger partial charge is 0.331 e. The first-order valence-electron chi connectivity index (χ1n) is 5.01. The van der Waals surface area contributed by atoms with Gasteiger partial charge in [0, 0.05) is 5.54 Å². The SMILES string of the molecule is CC1(n2c(=S)[nH]c3ccc(F)cc32)CC1. The summed E-state index contributed by atoms with van der Waals surface area (Å²) in [5.41, 5.74) is 1.89. The van der Waals surface area contributed by atoms with Crippen molar-refractivity contribution in [1.82, 2.24) is 9.55 Å². The van der Waals surface area contributed by atoms with Crippen LogP contribution in [0.25, 0.3) is 11.0 Å². The summed E-state index contributed by atoms with van der Waals surface area (Å²) in [5.74, 6) is -0.213. The number of halogens is 1. The lowest BCUT2D eigenvalue weighted by atomic mass is 10.2. The van der Waals surface area contributed by atoms with E-state index in [1.807, 2.05) is 4.57 Å². The smallest absolute Gasteiger partial charge is 0.178 e. The maximum absolute atomic E-state index is 13.2. The molecule has 1 saturated carbocycles. The topological polar surface area (TPSA) is 20.7 Å². The Morgan fingerprint density at radius 1 is 1.47 bits per heavy atom. The first kappa shape index (κ1) is 9.09. The summed E-state index contributed by atoms with van der Waals surface area (Å²) in [5, 5.41) is 0. The number of imidazole rings is 1. The number of nitrogens with one attached hydrogen (secondary N) is 1. The predicted octanol–water partition coefficient (Wildman–Crippen LogP) is 3.35. The fourth-order valence-corrected chi connectivity index (χ4v) is 2.45. The number of hydrogen-bond acceptors (Lipinski definition) is 1. The van der Waals surface area contributed by atoms with Gasteiger partial charge >= 0.3 is 0 Å². The molecule has 0 atom stereocenters. The van der Waals surface area contributed by atoms with Crippen LogP contribution in [0.4, 0.5) is 4.39 Å². The lowest BCUT2D eigenvalue weighted by Crippen LogP contribution is -2.11. The summed E-state index contributed by atoms with van der Waals surface area (Å²) in [7, 11) is 0. The maximum Gasteiger partial charge on any atom is 0.178 e. The Kier molecular flexibility index (Phi) is 1.63. The zero-order valence-corrected chi connectivity index (χ0v) is 9.20. The van der Waals surface area contributed by atoms with Crippen LogP contribution in [0.2, 0.25) is 0 Å². The van der Waals surface area contributed by atoms with Crippen molar-refractivity contribution in [1.29, 1.82) is 0 Å². The Morgan fingerprint density at radius 3 is 2.87 bits per heavy atom. The van der Waals surface area contributed by atoms with E-state index in [-0.39, 0.29) is 11.4 Å². The highest BCUT2D eigenvalue weighted by Gasteiger charge is 2.40. The second-order valence-electron chi connectivity index (χ2n) is 4.42. The Hall–Kier alpha value is -1.16. The van der Waals surface area contributed by atoms with E-state index in [9.17, 15) is 4.39 Å². The molecule has 2 aromatic rings. The Morgan fingerprint density at radius 2 is 2.20 bits per heavy atom. The molecule has 1 N–H and O–H groups in total. The third-order valence-corrected chi connectivity index (χ3v) is 3.44. The van der Waals surface area contributed by atoms with Gasteiger partial charge in [0.05, 0.1) is 11.0 Å². The molecule has 0 saturated heterocycles. The number of fused-ring (bicyclic) bond motifs is 1. The molecule has 0 radical (unpaired) electrons. The summed E-state index contributed by atoms with van der Waals surface area (Å²) in [6, 6.07) is 4.74. The van der Waals surface area contributed by atoms with Crippen molar-refractivity contribution in [2.75, 3.05) is 0 Å². The van der Waals surface area contributed by atoms with E-state index in [1.54, 1.807) is 12.1 Å². The fourth-order valence-electron chi connectivity index (χ4n) is 2.02. The second kappa shape index (κ2) is 2.70. The minimum atomic E-state index is -0.213. The van der Waals surface area contributed by atoms with Gasteiger partial charge in [-0.05, 0) is 50.2 Å². The molecule has 0 aliphatic heterocycles. The first-order chi connectivity index (χ1) is 7.10. The van der Waals surface area contributed by atoms with Crippen molar-refractivity contribution >= 4 is 23.3 Å².